The standard InChI is InChI=1S/C17H25N3O3S/c18-14(11-21)16(23)19-7-5-17(6-8-19)4-3-15(22)20(12-17)10-13-2-1-9-24-13/h1-2,9,14,21H,3-8,10-12,18H2/t14-/m0/s1. The molecule has 1 aromatic rings. The van der Waals surface area contributed by atoms with Crippen LogP contribution in [0.4, 0.5) is 0 Å². The van der Waals surface area contributed by atoms with Gasteiger partial charge in [-0.1, -0.05) is 6.07 Å². The lowest BCUT2D eigenvalue weighted by Crippen LogP contribution is -2.54. The van der Waals surface area contributed by atoms with Gasteiger partial charge in [-0.2, -0.15) is 0 Å². The molecule has 0 unspecified atom stereocenters. The van der Waals surface area contributed by atoms with Crippen molar-refractivity contribution < 1.29 is 14.7 Å². The van der Waals surface area contributed by atoms with Gasteiger partial charge >= 0.3 is 0 Å². The molecule has 2 saturated heterocycles. The molecule has 2 aliphatic heterocycles. The molecule has 1 spiro atoms. The van der Waals surface area contributed by atoms with Crippen LogP contribution in [0.15, 0.2) is 17.5 Å². The number of carbonyl (C=O) groups excluding carboxylic acids is 2. The third-order valence-electron chi connectivity index (χ3n) is 5.32. The lowest BCUT2D eigenvalue weighted by Gasteiger charge is -2.47. The zero-order chi connectivity index (χ0) is 17.2. The van der Waals surface area contributed by atoms with Crippen molar-refractivity contribution in [3.63, 3.8) is 0 Å². The smallest absolute Gasteiger partial charge is 0.241 e. The number of aliphatic hydroxyl groups is 1. The topological polar surface area (TPSA) is 86.9 Å². The number of thiophene rings is 1. The van der Waals surface area contributed by atoms with E-state index in [0.29, 0.717) is 26.1 Å². The van der Waals surface area contributed by atoms with Crippen molar-refractivity contribution in [2.45, 2.75) is 38.3 Å². The maximum absolute atomic E-state index is 12.3. The minimum absolute atomic E-state index is 0.116. The molecule has 0 aromatic carbocycles. The van der Waals surface area contributed by atoms with Crippen molar-refractivity contribution in [1.82, 2.24) is 9.80 Å². The van der Waals surface area contributed by atoms with E-state index >= 15 is 0 Å². The Morgan fingerprint density at radius 2 is 2.12 bits per heavy atom. The minimum atomic E-state index is -0.817. The number of hydrogen-bond acceptors (Lipinski definition) is 5. The van der Waals surface area contributed by atoms with Gasteiger partial charge in [0.25, 0.3) is 0 Å². The van der Waals surface area contributed by atoms with Crippen LogP contribution < -0.4 is 5.73 Å². The van der Waals surface area contributed by atoms with Gasteiger partial charge in [0.1, 0.15) is 6.04 Å². The number of rotatable bonds is 4. The average molecular weight is 351 g/mol. The normalized spacial score (nSPS) is 22.0. The van der Waals surface area contributed by atoms with Gasteiger partial charge in [-0.25, -0.2) is 0 Å². The fourth-order valence-corrected chi connectivity index (χ4v) is 4.48. The molecule has 3 heterocycles. The van der Waals surface area contributed by atoms with Crippen molar-refractivity contribution in [3.05, 3.63) is 22.4 Å². The molecule has 24 heavy (non-hydrogen) atoms. The Hall–Kier alpha value is -1.44. The fourth-order valence-electron chi connectivity index (χ4n) is 3.76. The Morgan fingerprint density at radius 1 is 1.38 bits per heavy atom. The highest BCUT2D eigenvalue weighted by atomic mass is 32.1. The second kappa shape index (κ2) is 7.21. The zero-order valence-electron chi connectivity index (χ0n) is 13.8. The van der Waals surface area contributed by atoms with Crippen molar-refractivity contribution >= 4 is 23.2 Å². The predicted octanol–water partition coefficient (Wildman–Crippen LogP) is 0.799. The lowest BCUT2D eigenvalue weighted by molar-refractivity contribution is -0.143. The SMILES string of the molecule is N[C@@H](CO)C(=O)N1CCC2(CCC(=O)N(Cc3cccs3)C2)CC1. The van der Waals surface area contributed by atoms with E-state index in [0.717, 1.165) is 25.8 Å². The molecule has 7 heteroatoms. The molecule has 0 radical (unpaired) electrons. The quantitative estimate of drug-likeness (QED) is 0.840. The van der Waals surface area contributed by atoms with E-state index in [-0.39, 0.29) is 23.8 Å². The van der Waals surface area contributed by atoms with E-state index < -0.39 is 6.04 Å². The Morgan fingerprint density at radius 3 is 2.75 bits per heavy atom. The summed E-state index contributed by atoms with van der Waals surface area (Å²) in [7, 11) is 0. The molecule has 1 aromatic heterocycles. The van der Waals surface area contributed by atoms with Crippen LogP contribution >= 0.6 is 11.3 Å². The van der Waals surface area contributed by atoms with Gasteiger partial charge in [0.05, 0.1) is 13.2 Å². The first-order valence-corrected chi connectivity index (χ1v) is 9.36. The van der Waals surface area contributed by atoms with Crippen LogP contribution in [0.3, 0.4) is 0 Å². The maximum Gasteiger partial charge on any atom is 0.241 e. The molecule has 0 saturated carbocycles. The van der Waals surface area contributed by atoms with Gasteiger partial charge < -0.3 is 20.6 Å². The summed E-state index contributed by atoms with van der Waals surface area (Å²) in [5, 5.41) is 11.1. The number of amides is 2. The van der Waals surface area contributed by atoms with Crippen LogP contribution in [-0.4, -0.2) is 59.0 Å². The summed E-state index contributed by atoms with van der Waals surface area (Å²) in [4.78, 5) is 29.3. The van der Waals surface area contributed by atoms with Crippen molar-refractivity contribution in [2.75, 3.05) is 26.2 Å². The summed E-state index contributed by atoms with van der Waals surface area (Å²) in [5.74, 6) is 0.0597. The Balaban J connectivity index is 1.60. The van der Waals surface area contributed by atoms with Gasteiger partial charge in [0.2, 0.25) is 11.8 Å². The van der Waals surface area contributed by atoms with Gasteiger partial charge in [-0.3, -0.25) is 9.59 Å². The molecule has 6 nitrogen and oxygen atoms in total. The molecule has 0 bridgehead atoms. The van der Waals surface area contributed by atoms with Crippen molar-refractivity contribution in [3.8, 4) is 0 Å². The summed E-state index contributed by atoms with van der Waals surface area (Å²) < 4.78 is 0. The fraction of sp³-hybridized carbons (Fsp3) is 0.647. The predicted molar refractivity (Wildman–Crippen MR) is 92.3 cm³/mol. The first kappa shape index (κ1) is 17.4. The molecule has 1 atom stereocenters. The number of hydrogen-bond donors (Lipinski definition) is 2. The number of carbonyl (C=O) groups is 2. The molecule has 2 aliphatic rings. The van der Waals surface area contributed by atoms with Crippen LogP contribution in [0, 0.1) is 5.41 Å². The van der Waals surface area contributed by atoms with Gasteiger partial charge in [0, 0.05) is 30.9 Å². The summed E-state index contributed by atoms with van der Waals surface area (Å²) in [5.41, 5.74) is 5.76. The van der Waals surface area contributed by atoms with E-state index in [1.165, 1.54) is 4.88 Å². The second-order valence-corrected chi connectivity index (χ2v) is 7.98. The Kier molecular flexibility index (Phi) is 5.22. The number of nitrogens with zero attached hydrogens (tertiary/aromatic N) is 2. The molecule has 3 rings (SSSR count). The molecule has 3 N–H and O–H groups in total. The summed E-state index contributed by atoms with van der Waals surface area (Å²) in [6.07, 6.45) is 3.28. The maximum atomic E-state index is 12.3. The van der Waals surface area contributed by atoms with E-state index in [1.807, 2.05) is 16.3 Å². The Bertz CT molecular complexity index is 582. The van der Waals surface area contributed by atoms with E-state index in [1.54, 1.807) is 16.2 Å². The second-order valence-electron chi connectivity index (χ2n) is 6.94. The van der Waals surface area contributed by atoms with Crippen LogP contribution in [-0.2, 0) is 16.1 Å². The first-order valence-electron chi connectivity index (χ1n) is 8.48. The molecule has 2 amide bonds. The van der Waals surface area contributed by atoms with E-state index in [2.05, 4.69) is 6.07 Å². The van der Waals surface area contributed by atoms with E-state index in [4.69, 9.17) is 10.8 Å². The summed E-state index contributed by atoms with van der Waals surface area (Å²) >= 11 is 1.68. The number of likely N-dealkylation sites (tertiary alicyclic amines) is 2. The molecular weight excluding hydrogens is 326 g/mol. The third kappa shape index (κ3) is 3.63. The molecule has 132 valence electrons. The third-order valence-corrected chi connectivity index (χ3v) is 6.19. The Labute approximate surface area is 146 Å². The zero-order valence-corrected chi connectivity index (χ0v) is 14.6. The van der Waals surface area contributed by atoms with Gasteiger partial charge in [-0.05, 0) is 36.1 Å². The largest absolute Gasteiger partial charge is 0.394 e. The monoisotopic (exact) mass is 351 g/mol. The number of aliphatic hydroxyl groups excluding tert-OH is 1. The van der Waals surface area contributed by atoms with Crippen molar-refractivity contribution in [2.24, 2.45) is 11.1 Å². The summed E-state index contributed by atoms with van der Waals surface area (Å²) in [6.45, 7) is 2.47. The highest BCUT2D eigenvalue weighted by Crippen LogP contribution is 2.40. The van der Waals surface area contributed by atoms with Crippen LogP contribution in [0.2, 0.25) is 0 Å². The van der Waals surface area contributed by atoms with Crippen LogP contribution in [0.1, 0.15) is 30.6 Å². The first-order chi connectivity index (χ1) is 11.5. The highest BCUT2D eigenvalue weighted by molar-refractivity contribution is 7.09. The molecule has 2 fully saturated rings. The average Bonchev–Trinajstić information content (AvgIpc) is 3.11. The van der Waals surface area contributed by atoms with Gasteiger partial charge in [-0.15, -0.1) is 11.3 Å². The lowest BCUT2D eigenvalue weighted by atomic mass is 9.72. The molecule has 0 aliphatic carbocycles. The van der Waals surface area contributed by atoms with Crippen LogP contribution in [0.5, 0.6) is 0 Å². The van der Waals surface area contributed by atoms with E-state index in [9.17, 15) is 9.59 Å². The minimum Gasteiger partial charge on any atom is -0.394 e. The number of piperidine rings is 2. The highest BCUT2D eigenvalue weighted by Gasteiger charge is 2.42. The van der Waals surface area contributed by atoms with Crippen LogP contribution in [0.25, 0.3) is 0 Å². The van der Waals surface area contributed by atoms with Gasteiger partial charge in [0.15, 0.2) is 0 Å². The van der Waals surface area contributed by atoms with Crippen molar-refractivity contribution in [1.29, 1.82) is 0 Å². The summed E-state index contributed by atoms with van der Waals surface area (Å²) in [6, 6.07) is 3.26. The number of nitrogens with two attached hydrogens (primary N) is 1. The molecular formula is C17H25N3O3S.